The first-order valence-corrected chi connectivity index (χ1v) is 37.9. The zero-order chi connectivity index (χ0) is 69.6. The van der Waals surface area contributed by atoms with Gasteiger partial charge in [-0.1, -0.05) is 271 Å². The number of hydrogen-bond acceptors (Lipinski definition) is 20. The van der Waals surface area contributed by atoms with E-state index in [1.54, 1.807) is 0 Å². The molecule has 0 aliphatic carbocycles. The lowest BCUT2D eigenvalue weighted by molar-refractivity contribution is -0.386. The molecule has 0 aromatic carbocycles. The third kappa shape index (κ3) is 34.3. The molecule has 3 rings (SSSR count). The van der Waals surface area contributed by atoms with E-state index in [9.17, 15) is 75.7 Å². The summed E-state index contributed by atoms with van der Waals surface area (Å²) in [5.41, 5.74) is 0. The van der Waals surface area contributed by atoms with Crippen LogP contribution in [0.3, 0.4) is 0 Å². The second-order valence-electron chi connectivity index (χ2n) is 27.9. The molecule has 3 saturated heterocycles. The summed E-state index contributed by atoms with van der Waals surface area (Å²) in [4.78, 5) is 38.6. The van der Waals surface area contributed by atoms with Crippen molar-refractivity contribution in [2.75, 3.05) is 26.4 Å². The molecule has 18 atom stereocenters. The van der Waals surface area contributed by atoms with Gasteiger partial charge in [-0.3, -0.25) is 9.59 Å². The number of unbranched alkanes of at least 4 members (excludes halogenated alkanes) is 39. The maximum absolute atomic E-state index is 13.5. The van der Waals surface area contributed by atoms with Crippen LogP contribution in [-0.4, -0.2) is 215 Å². The number of aliphatic hydroxyl groups is 11. The standard InChI is InChI=1S/C72H136N2O21/c1-4-6-8-10-12-14-16-18-20-22-24-25-26-28-30-32-34-36-38-40-42-44-46-59(82)74-53(54(79)45-43-41-39-37-35-33-31-29-27-23-21-19-17-15-13-11-9-7-5-2)51-90-69-64(86)63(85)66(58(50-77)92-69)93-70-65(87)68(62(84)57(49-76)91-70)95-72(71(88)89)47-55(80)60(73-52(3)78)67(94-72)61(83)56(81)48-75/h53-58,60-70,75-77,79-81,83-87H,4-51H2,1-3H3,(H,73,78)(H,74,82)(H,88,89). The number of nitrogens with one attached hydrogen (secondary N) is 2. The van der Waals surface area contributed by atoms with Gasteiger partial charge in [0.2, 0.25) is 11.8 Å². The van der Waals surface area contributed by atoms with Gasteiger partial charge in [0.05, 0.1) is 50.7 Å². The van der Waals surface area contributed by atoms with Gasteiger partial charge < -0.3 is 100 Å². The summed E-state index contributed by atoms with van der Waals surface area (Å²) in [5, 5.41) is 136. The lowest BCUT2D eigenvalue weighted by Gasteiger charge is -2.50. The highest BCUT2D eigenvalue weighted by Gasteiger charge is 2.60. The Balaban J connectivity index is 1.55. The summed E-state index contributed by atoms with van der Waals surface area (Å²) in [7, 11) is 0. The van der Waals surface area contributed by atoms with Crippen molar-refractivity contribution in [1.82, 2.24) is 10.6 Å². The fraction of sp³-hybridized carbons (Fsp3) is 0.958. The van der Waals surface area contributed by atoms with Crippen molar-refractivity contribution in [3.05, 3.63) is 0 Å². The quantitative estimate of drug-likeness (QED) is 0.0254. The summed E-state index contributed by atoms with van der Waals surface area (Å²) >= 11 is 0. The third-order valence-electron chi connectivity index (χ3n) is 19.6. The second kappa shape index (κ2) is 52.7. The Morgan fingerprint density at radius 2 is 0.916 bits per heavy atom. The van der Waals surface area contributed by atoms with Gasteiger partial charge in [-0.15, -0.1) is 0 Å². The normalized spacial score (nSPS) is 27.7. The number of carboxylic acids is 1. The minimum Gasteiger partial charge on any atom is -0.477 e. The number of carbonyl (C=O) groups excluding carboxylic acids is 2. The van der Waals surface area contributed by atoms with E-state index in [1.165, 1.54) is 205 Å². The summed E-state index contributed by atoms with van der Waals surface area (Å²) in [6.45, 7) is 2.25. The molecule has 0 aromatic heterocycles. The van der Waals surface area contributed by atoms with Crippen molar-refractivity contribution in [1.29, 1.82) is 0 Å². The molecule has 2 amide bonds. The molecule has 3 aliphatic heterocycles. The van der Waals surface area contributed by atoms with Crippen molar-refractivity contribution in [2.24, 2.45) is 0 Å². The van der Waals surface area contributed by atoms with Crippen molar-refractivity contribution in [3.63, 3.8) is 0 Å². The van der Waals surface area contributed by atoms with E-state index in [0.29, 0.717) is 19.3 Å². The fourth-order valence-corrected chi connectivity index (χ4v) is 13.5. The van der Waals surface area contributed by atoms with Gasteiger partial charge in [-0.25, -0.2) is 4.79 Å². The summed E-state index contributed by atoms with van der Waals surface area (Å²) in [5.74, 6) is -6.09. The highest BCUT2D eigenvalue weighted by atomic mass is 16.8. The van der Waals surface area contributed by atoms with Crippen LogP contribution in [0.2, 0.25) is 0 Å². The van der Waals surface area contributed by atoms with E-state index in [4.69, 9.17) is 28.4 Å². The molecule has 23 nitrogen and oxygen atoms in total. The molecule has 0 saturated carbocycles. The molecule has 0 aromatic rings. The van der Waals surface area contributed by atoms with E-state index < -0.39 is 148 Å². The minimum atomic E-state index is -3.08. The molecular weight excluding hydrogens is 1230 g/mol. The molecule has 3 aliphatic rings. The predicted octanol–water partition coefficient (Wildman–Crippen LogP) is 8.46. The lowest BCUT2D eigenvalue weighted by atomic mass is 9.88. The Labute approximate surface area is 569 Å². The predicted molar refractivity (Wildman–Crippen MR) is 362 cm³/mol. The van der Waals surface area contributed by atoms with Crippen LogP contribution >= 0.6 is 0 Å². The number of hydrogen-bond donors (Lipinski definition) is 14. The van der Waals surface area contributed by atoms with E-state index in [1.807, 2.05) is 0 Å². The van der Waals surface area contributed by atoms with Crippen LogP contribution in [0.4, 0.5) is 0 Å². The van der Waals surface area contributed by atoms with E-state index in [2.05, 4.69) is 24.5 Å². The number of carboxylic acid groups (broad SMARTS) is 1. The first kappa shape index (κ1) is 86.9. The zero-order valence-corrected chi connectivity index (χ0v) is 58.8. The fourth-order valence-electron chi connectivity index (χ4n) is 13.5. The summed E-state index contributed by atoms with van der Waals surface area (Å²) < 4.78 is 34.9. The molecule has 14 N–H and O–H groups in total. The molecule has 3 heterocycles. The Bertz CT molecular complexity index is 1910. The first-order valence-electron chi connectivity index (χ1n) is 37.9. The van der Waals surface area contributed by atoms with Crippen molar-refractivity contribution < 1.29 is 104 Å². The average Bonchev–Trinajstić information content (AvgIpc) is 0.757. The average molecular weight is 1370 g/mol. The number of amides is 2. The Hall–Kier alpha value is -2.27. The van der Waals surface area contributed by atoms with Crippen molar-refractivity contribution >= 4 is 17.8 Å². The van der Waals surface area contributed by atoms with Crippen LogP contribution in [0.1, 0.15) is 303 Å². The van der Waals surface area contributed by atoms with Crippen molar-refractivity contribution in [2.45, 2.75) is 413 Å². The molecule has 3 fully saturated rings. The molecular formula is C72H136N2O21. The van der Waals surface area contributed by atoms with Crippen LogP contribution in [0, 0.1) is 0 Å². The Morgan fingerprint density at radius 1 is 0.505 bits per heavy atom. The number of aliphatic hydroxyl groups excluding tert-OH is 11. The largest absolute Gasteiger partial charge is 0.477 e. The molecule has 0 bridgehead atoms. The second-order valence-corrected chi connectivity index (χ2v) is 27.9. The van der Waals surface area contributed by atoms with Crippen LogP contribution in [0.5, 0.6) is 0 Å². The molecule has 23 heteroatoms. The number of rotatable bonds is 59. The van der Waals surface area contributed by atoms with Gasteiger partial charge in [-0.05, 0) is 12.8 Å². The summed E-state index contributed by atoms with van der Waals surface area (Å²) in [6.07, 6.45) is 22.3. The monoisotopic (exact) mass is 1360 g/mol. The molecule has 18 unspecified atom stereocenters. The van der Waals surface area contributed by atoms with Gasteiger partial charge in [0.1, 0.15) is 67.1 Å². The number of ether oxygens (including phenoxy) is 6. The first-order chi connectivity index (χ1) is 45.9. The smallest absolute Gasteiger partial charge is 0.364 e. The van der Waals surface area contributed by atoms with Gasteiger partial charge in [0.25, 0.3) is 5.79 Å². The Morgan fingerprint density at radius 3 is 1.32 bits per heavy atom. The topological polar surface area (TPSA) is 373 Å². The maximum atomic E-state index is 13.5. The van der Waals surface area contributed by atoms with Crippen LogP contribution in [-0.2, 0) is 42.8 Å². The zero-order valence-electron chi connectivity index (χ0n) is 58.8. The minimum absolute atomic E-state index is 0.230. The van der Waals surface area contributed by atoms with E-state index >= 15 is 0 Å². The highest BCUT2D eigenvalue weighted by molar-refractivity contribution is 5.77. The maximum Gasteiger partial charge on any atom is 0.364 e. The van der Waals surface area contributed by atoms with Gasteiger partial charge >= 0.3 is 5.97 Å². The third-order valence-corrected chi connectivity index (χ3v) is 19.6. The summed E-state index contributed by atoms with van der Waals surface area (Å²) in [6, 6.07) is -2.52. The Kier molecular flexibility index (Phi) is 48.2. The van der Waals surface area contributed by atoms with Crippen LogP contribution < -0.4 is 10.6 Å². The van der Waals surface area contributed by atoms with Crippen LogP contribution in [0.15, 0.2) is 0 Å². The highest BCUT2D eigenvalue weighted by Crippen LogP contribution is 2.39. The van der Waals surface area contributed by atoms with Gasteiger partial charge in [-0.2, -0.15) is 0 Å². The van der Waals surface area contributed by atoms with Crippen LogP contribution in [0.25, 0.3) is 0 Å². The molecule has 560 valence electrons. The molecule has 0 radical (unpaired) electrons. The molecule has 95 heavy (non-hydrogen) atoms. The number of carbonyl (C=O) groups is 3. The SMILES string of the molecule is CCCCCCCCCCCCCCCCCCCCCCCCC(=O)NC(COC1OC(CO)C(OC2OC(CO)C(O)C(OC3(C(=O)O)CC(O)C(NC(C)=O)C(C(O)C(O)CO)O3)C2O)C(O)C1O)C(O)CCCCCCCCCCCCCCCCCCCCC. The van der Waals surface area contributed by atoms with Gasteiger partial charge in [0, 0.05) is 19.8 Å². The van der Waals surface area contributed by atoms with Crippen molar-refractivity contribution in [3.8, 4) is 0 Å². The number of aliphatic carboxylic acids is 1. The van der Waals surface area contributed by atoms with E-state index in [-0.39, 0.29) is 18.9 Å². The van der Waals surface area contributed by atoms with Gasteiger partial charge in [0.15, 0.2) is 12.6 Å². The van der Waals surface area contributed by atoms with E-state index in [0.717, 1.165) is 51.9 Å². The lowest BCUT2D eigenvalue weighted by Crippen LogP contribution is -2.70. The molecule has 0 spiro atoms.